The lowest BCUT2D eigenvalue weighted by Crippen LogP contribution is -2.35. The molecule has 130 valence electrons. The van der Waals surface area contributed by atoms with Crippen LogP contribution in [0.1, 0.15) is 17.2 Å². The number of benzene rings is 2. The molecule has 0 aliphatic rings. The molecule has 0 radical (unpaired) electrons. The first-order valence-electron chi connectivity index (χ1n) is 7.41. The van der Waals surface area contributed by atoms with E-state index in [2.05, 4.69) is 4.72 Å². The molecule has 0 fully saturated rings. The summed E-state index contributed by atoms with van der Waals surface area (Å²) in [5, 5.41) is 1.10. The molecule has 2 aromatic carbocycles. The van der Waals surface area contributed by atoms with Crippen LogP contribution in [0.4, 0.5) is 0 Å². The van der Waals surface area contributed by atoms with Crippen LogP contribution in [0.15, 0.2) is 48.5 Å². The first-order chi connectivity index (χ1) is 11.3. The molecule has 0 aromatic heterocycles. The van der Waals surface area contributed by atoms with E-state index in [4.69, 9.17) is 23.2 Å². The van der Waals surface area contributed by atoms with Gasteiger partial charge in [-0.3, -0.25) is 0 Å². The third-order valence-electron chi connectivity index (χ3n) is 3.68. The minimum absolute atomic E-state index is 0.0942. The SMILES string of the molecule is CN(C)C(CNS(=O)(=O)Cc1ccccc1Cl)c1ccc(Cl)cc1. The van der Waals surface area contributed by atoms with Gasteiger partial charge in [-0.15, -0.1) is 0 Å². The van der Waals surface area contributed by atoms with E-state index in [0.29, 0.717) is 15.6 Å². The molecule has 0 amide bonds. The van der Waals surface area contributed by atoms with E-state index in [-0.39, 0.29) is 18.3 Å². The molecule has 0 spiro atoms. The topological polar surface area (TPSA) is 49.4 Å². The van der Waals surface area contributed by atoms with E-state index in [1.807, 2.05) is 31.1 Å². The van der Waals surface area contributed by atoms with Crippen LogP contribution in [-0.2, 0) is 15.8 Å². The minimum atomic E-state index is -3.49. The molecule has 0 aliphatic heterocycles. The molecule has 2 rings (SSSR count). The first-order valence-corrected chi connectivity index (χ1v) is 9.82. The molecule has 0 saturated heterocycles. The molecule has 0 saturated carbocycles. The standard InChI is InChI=1S/C17H20Cl2N2O2S/c1-21(2)17(13-7-9-15(18)10-8-13)11-20-24(22,23)12-14-5-3-4-6-16(14)19/h3-10,17,20H,11-12H2,1-2H3. The van der Waals surface area contributed by atoms with Gasteiger partial charge >= 0.3 is 0 Å². The van der Waals surface area contributed by atoms with Crippen molar-refractivity contribution < 1.29 is 8.42 Å². The largest absolute Gasteiger partial charge is 0.301 e. The Morgan fingerprint density at radius 3 is 2.25 bits per heavy atom. The maximum atomic E-state index is 12.4. The van der Waals surface area contributed by atoms with Crippen molar-refractivity contribution in [1.82, 2.24) is 9.62 Å². The van der Waals surface area contributed by atoms with Crippen LogP contribution >= 0.6 is 23.2 Å². The number of rotatable bonds is 7. The van der Waals surface area contributed by atoms with E-state index in [9.17, 15) is 8.42 Å². The summed E-state index contributed by atoms with van der Waals surface area (Å²) in [4.78, 5) is 1.96. The molecule has 1 unspecified atom stereocenters. The van der Waals surface area contributed by atoms with Gasteiger partial charge in [0.05, 0.1) is 5.75 Å². The molecule has 24 heavy (non-hydrogen) atoms. The Bertz CT molecular complexity index is 777. The van der Waals surface area contributed by atoms with Crippen molar-refractivity contribution in [3.63, 3.8) is 0 Å². The van der Waals surface area contributed by atoms with E-state index in [1.165, 1.54) is 0 Å². The molecule has 7 heteroatoms. The van der Waals surface area contributed by atoms with Gasteiger partial charge in [0.15, 0.2) is 0 Å². The average molecular weight is 387 g/mol. The van der Waals surface area contributed by atoms with Crippen LogP contribution in [0.25, 0.3) is 0 Å². The fourth-order valence-corrected chi connectivity index (χ4v) is 3.94. The second kappa shape index (κ2) is 8.32. The molecule has 0 bridgehead atoms. The van der Waals surface area contributed by atoms with Gasteiger partial charge in [-0.1, -0.05) is 53.5 Å². The van der Waals surface area contributed by atoms with Crippen LogP contribution in [0, 0.1) is 0 Å². The number of nitrogens with zero attached hydrogens (tertiary/aromatic N) is 1. The third-order valence-corrected chi connectivity index (χ3v) is 5.60. The van der Waals surface area contributed by atoms with Crippen molar-refractivity contribution in [3.8, 4) is 0 Å². The monoisotopic (exact) mass is 386 g/mol. The summed E-state index contributed by atoms with van der Waals surface area (Å²) in [5.41, 5.74) is 1.57. The van der Waals surface area contributed by atoms with Gasteiger partial charge in [0.2, 0.25) is 10.0 Å². The number of nitrogens with one attached hydrogen (secondary N) is 1. The van der Waals surface area contributed by atoms with Crippen molar-refractivity contribution >= 4 is 33.2 Å². The normalized spacial score (nSPS) is 13.2. The molecule has 1 atom stereocenters. The van der Waals surface area contributed by atoms with Crippen molar-refractivity contribution in [2.24, 2.45) is 0 Å². The molecule has 2 aromatic rings. The Morgan fingerprint density at radius 1 is 1.04 bits per heavy atom. The zero-order valence-corrected chi connectivity index (χ0v) is 15.9. The molecule has 1 N–H and O–H groups in total. The van der Waals surface area contributed by atoms with Gasteiger partial charge in [0.25, 0.3) is 0 Å². The third kappa shape index (κ3) is 5.46. The fraction of sp³-hybridized carbons (Fsp3) is 0.294. The van der Waals surface area contributed by atoms with Crippen molar-refractivity contribution in [2.45, 2.75) is 11.8 Å². The van der Waals surface area contributed by atoms with E-state index in [1.54, 1.807) is 36.4 Å². The predicted molar refractivity (Wildman–Crippen MR) is 100.0 cm³/mol. The van der Waals surface area contributed by atoms with Gasteiger partial charge in [-0.2, -0.15) is 0 Å². The maximum absolute atomic E-state index is 12.4. The number of hydrogen-bond acceptors (Lipinski definition) is 3. The number of sulfonamides is 1. The van der Waals surface area contributed by atoms with Crippen molar-refractivity contribution in [2.75, 3.05) is 20.6 Å². The molecule has 4 nitrogen and oxygen atoms in total. The van der Waals surface area contributed by atoms with E-state index in [0.717, 1.165) is 5.56 Å². The van der Waals surface area contributed by atoms with Crippen LogP contribution in [-0.4, -0.2) is 34.0 Å². The van der Waals surface area contributed by atoms with Crippen LogP contribution in [0.3, 0.4) is 0 Å². The zero-order chi connectivity index (χ0) is 17.7. The van der Waals surface area contributed by atoms with Crippen LogP contribution < -0.4 is 4.72 Å². The first kappa shape index (κ1) is 19.2. The summed E-state index contributed by atoms with van der Waals surface area (Å²) in [6.45, 7) is 0.265. The average Bonchev–Trinajstić information content (AvgIpc) is 2.51. The van der Waals surface area contributed by atoms with Gasteiger partial charge in [-0.05, 0) is 43.4 Å². The summed E-state index contributed by atoms with van der Waals surface area (Å²) < 4.78 is 27.4. The van der Waals surface area contributed by atoms with E-state index < -0.39 is 10.0 Å². The Balaban J connectivity index is 2.08. The van der Waals surface area contributed by atoms with Crippen LogP contribution in [0.5, 0.6) is 0 Å². The summed E-state index contributed by atoms with van der Waals surface area (Å²) >= 11 is 12.0. The molecular formula is C17H20Cl2N2O2S. The predicted octanol–water partition coefficient (Wildman–Crippen LogP) is 3.72. The molecule has 0 aliphatic carbocycles. The lowest BCUT2D eigenvalue weighted by molar-refractivity contribution is 0.299. The van der Waals surface area contributed by atoms with Gasteiger partial charge in [0.1, 0.15) is 0 Å². The Hall–Kier alpha value is -1.11. The van der Waals surface area contributed by atoms with Crippen LogP contribution in [0.2, 0.25) is 10.0 Å². The highest BCUT2D eigenvalue weighted by Gasteiger charge is 2.19. The number of hydrogen-bond donors (Lipinski definition) is 1. The lowest BCUT2D eigenvalue weighted by atomic mass is 10.1. The van der Waals surface area contributed by atoms with Gasteiger partial charge in [-0.25, -0.2) is 13.1 Å². The lowest BCUT2D eigenvalue weighted by Gasteiger charge is -2.25. The second-order valence-electron chi connectivity index (χ2n) is 5.73. The minimum Gasteiger partial charge on any atom is -0.301 e. The van der Waals surface area contributed by atoms with Crippen molar-refractivity contribution in [1.29, 1.82) is 0 Å². The zero-order valence-electron chi connectivity index (χ0n) is 13.5. The van der Waals surface area contributed by atoms with Crippen molar-refractivity contribution in [3.05, 3.63) is 69.7 Å². The highest BCUT2D eigenvalue weighted by atomic mass is 35.5. The molecular weight excluding hydrogens is 367 g/mol. The highest BCUT2D eigenvalue weighted by molar-refractivity contribution is 7.88. The summed E-state index contributed by atoms with van der Waals surface area (Å²) in [6.07, 6.45) is 0. The number of halogens is 2. The maximum Gasteiger partial charge on any atom is 0.215 e. The summed E-state index contributed by atoms with van der Waals surface area (Å²) in [6, 6.07) is 14.2. The Labute approximate surface area is 153 Å². The molecule has 0 heterocycles. The number of likely N-dealkylation sites (N-methyl/N-ethyl adjacent to an activating group) is 1. The Kier molecular flexibility index (Phi) is 6.66. The second-order valence-corrected chi connectivity index (χ2v) is 8.38. The van der Waals surface area contributed by atoms with E-state index >= 15 is 0 Å². The quantitative estimate of drug-likeness (QED) is 0.788. The summed E-state index contributed by atoms with van der Waals surface area (Å²) in [5.74, 6) is -0.145. The van der Waals surface area contributed by atoms with Gasteiger partial charge in [0, 0.05) is 22.6 Å². The highest BCUT2D eigenvalue weighted by Crippen LogP contribution is 2.21. The van der Waals surface area contributed by atoms with Gasteiger partial charge < -0.3 is 4.90 Å². The fourth-order valence-electron chi connectivity index (χ4n) is 2.36. The smallest absolute Gasteiger partial charge is 0.215 e. The Morgan fingerprint density at radius 2 is 1.67 bits per heavy atom. The summed E-state index contributed by atoms with van der Waals surface area (Å²) in [7, 11) is 0.320.